The molecule has 0 spiro atoms. The van der Waals surface area contributed by atoms with Gasteiger partial charge in [0.15, 0.2) is 5.13 Å². The van der Waals surface area contributed by atoms with Crippen molar-refractivity contribution in [1.29, 1.82) is 0 Å². The minimum absolute atomic E-state index is 0. The van der Waals surface area contributed by atoms with Crippen LogP contribution in [0.3, 0.4) is 0 Å². The van der Waals surface area contributed by atoms with Crippen LogP contribution in [0.1, 0.15) is 16.8 Å². The van der Waals surface area contributed by atoms with Gasteiger partial charge in [-0.1, -0.05) is 29.5 Å². The van der Waals surface area contributed by atoms with Crippen molar-refractivity contribution < 1.29 is 13.9 Å². The molecule has 1 heterocycles. The van der Waals surface area contributed by atoms with Crippen LogP contribution in [0.25, 0.3) is 10.2 Å². The quantitative estimate of drug-likeness (QED) is 0.296. The van der Waals surface area contributed by atoms with Gasteiger partial charge in [0.2, 0.25) is 0 Å². The predicted molar refractivity (Wildman–Crippen MR) is 135 cm³/mol. The maximum absolute atomic E-state index is 13.6. The highest BCUT2D eigenvalue weighted by molar-refractivity contribution is 7.22. The van der Waals surface area contributed by atoms with Gasteiger partial charge in [-0.05, 0) is 81.7 Å². The standard InChI is InChI=1S/C25H24FN3O2S.ClH/c1-28(2)15-6-16-29(25-27-22-14-11-19(26)17-23(22)32-25)24(30)18-9-12-21(13-10-18)31-20-7-4-3-5-8-20;/h3-5,7-14,17H,6,15-16H2,1-2H3;1H. The van der Waals surface area contributed by atoms with Crippen molar-refractivity contribution in [2.45, 2.75) is 6.42 Å². The van der Waals surface area contributed by atoms with E-state index in [9.17, 15) is 9.18 Å². The second kappa shape index (κ2) is 11.2. The normalized spacial score (nSPS) is 10.8. The summed E-state index contributed by atoms with van der Waals surface area (Å²) in [5.74, 6) is 0.933. The van der Waals surface area contributed by atoms with Gasteiger partial charge >= 0.3 is 0 Å². The largest absolute Gasteiger partial charge is 0.457 e. The van der Waals surface area contributed by atoms with E-state index in [0.29, 0.717) is 28.5 Å². The van der Waals surface area contributed by atoms with Gasteiger partial charge < -0.3 is 9.64 Å². The zero-order valence-electron chi connectivity index (χ0n) is 18.4. The van der Waals surface area contributed by atoms with Crippen LogP contribution in [0.2, 0.25) is 0 Å². The van der Waals surface area contributed by atoms with E-state index in [4.69, 9.17) is 4.74 Å². The lowest BCUT2D eigenvalue weighted by Crippen LogP contribution is -2.33. The van der Waals surface area contributed by atoms with Crippen molar-refractivity contribution in [2.75, 3.05) is 32.1 Å². The van der Waals surface area contributed by atoms with E-state index in [2.05, 4.69) is 9.88 Å². The second-order valence-electron chi connectivity index (χ2n) is 7.66. The molecule has 0 aliphatic heterocycles. The Hall–Kier alpha value is -3.00. The van der Waals surface area contributed by atoms with Crippen LogP contribution in [-0.2, 0) is 0 Å². The Morgan fingerprint density at radius 1 is 0.970 bits per heavy atom. The fraction of sp³-hybridized carbons (Fsp3) is 0.200. The number of amides is 1. The number of ether oxygens (including phenoxy) is 1. The van der Waals surface area contributed by atoms with Crippen LogP contribution in [0.15, 0.2) is 72.8 Å². The molecule has 4 rings (SSSR count). The summed E-state index contributed by atoms with van der Waals surface area (Å²) in [6.45, 7) is 1.36. The Morgan fingerprint density at radius 2 is 1.67 bits per heavy atom. The molecule has 0 saturated heterocycles. The summed E-state index contributed by atoms with van der Waals surface area (Å²) in [5.41, 5.74) is 1.23. The Morgan fingerprint density at radius 3 is 2.36 bits per heavy atom. The maximum Gasteiger partial charge on any atom is 0.260 e. The van der Waals surface area contributed by atoms with E-state index >= 15 is 0 Å². The highest BCUT2D eigenvalue weighted by atomic mass is 35.5. The lowest BCUT2D eigenvalue weighted by atomic mass is 10.2. The number of hydrogen-bond acceptors (Lipinski definition) is 5. The molecule has 0 atom stereocenters. The average molecular weight is 486 g/mol. The molecule has 0 aliphatic carbocycles. The Bertz CT molecular complexity index is 1200. The van der Waals surface area contributed by atoms with Crippen molar-refractivity contribution in [2.24, 2.45) is 0 Å². The van der Waals surface area contributed by atoms with Gasteiger partial charge in [-0.25, -0.2) is 9.37 Å². The van der Waals surface area contributed by atoms with Crippen LogP contribution >= 0.6 is 23.7 Å². The Balaban J connectivity index is 0.00000306. The van der Waals surface area contributed by atoms with Gasteiger partial charge in [0.05, 0.1) is 10.2 Å². The summed E-state index contributed by atoms with van der Waals surface area (Å²) in [6, 6.07) is 21.1. The fourth-order valence-electron chi connectivity index (χ4n) is 3.28. The molecule has 5 nitrogen and oxygen atoms in total. The summed E-state index contributed by atoms with van der Waals surface area (Å²) in [4.78, 5) is 21.7. The molecule has 3 aromatic carbocycles. The number of fused-ring (bicyclic) bond motifs is 1. The van der Waals surface area contributed by atoms with Gasteiger partial charge in [0.25, 0.3) is 5.91 Å². The average Bonchev–Trinajstić information content (AvgIpc) is 3.20. The van der Waals surface area contributed by atoms with Gasteiger partial charge in [-0.3, -0.25) is 9.69 Å². The van der Waals surface area contributed by atoms with Crippen molar-refractivity contribution in [3.8, 4) is 11.5 Å². The number of para-hydroxylation sites is 1. The lowest BCUT2D eigenvalue weighted by Gasteiger charge is -2.21. The maximum atomic E-state index is 13.6. The van der Waals surface area contributed by atoms with Gasteiger partial charge in [0, 0.05) is 12.1 Å². The fourth-order valence-corrected chi connectivity index (χ4v) is 4.29. The number of nitrogens with zero attached hydrogens (tertiary/aromatic N) is 3. The SMILES string of the molecule is CN(C)CCCN(C(=O)c1ccc(Oc2ccccc2)cc1)c1nc2ccc(F)cc2s1.Cl. The van der Waals surface area contributed by atoms with Crippen LogP contribution in [0.4, 0.5) is 9.52 Å². The lowest BCUT2D eigenvalue weighted by molar-refractivity contribution is 0.0986. The number of anilines is 1. The van der Waals surface area contributed by atoms with Gasteiger partial charge in [-0.15, -0.1) is 12.4 Å². The first kappa shape index (κ1) is 24.6. The zero-order valence-corrected chi connectivity index (χ0v) is 20.0. The third-order valence-corrected chi connectivity index (χ3v) is 5.92. The van der Waals surface area contributed by atoms with Gasteiger partial charge in [0.1, 0.15) is 17.3 Å². The van der Waals surface area contributed by atoms with E-state index in [-0.39, 0.29) is 24.1 Å². The molecular formula is C25H25ClFN3O2S. The van der Waals surface area contributed by atoms with Crippen molar-refractivity contribution in [1.82, 2.24) is 9.88 Å². The minimum Gasteiger partial charge on any atom is -0.457 e. The molecule has 8 heteroatoms. The highest BCUT2D eigenvalue weighted by Crippen LogP contribution is 2.31. The first-order chi connectivity index (χ1) is 15.5. The molecular weight excluding hydrogens is 461 g/mol. The Kier molecular flexibility index (Phi) is 8.38. The number of carbonyl (C=O) groups is 1. The summed E-state index contributed by atoms with van der Waals surface area (Å²) < 4.78 is 20.2. The molecule has 1 aromatic heterocycles. The van der Waals surface area contributed by atoms with E-state index < -0.39 is 0 Å². The van der Waals surface area contributed by atoms with E-state index in [1.165, 1.54) is 23.5 Å². The molecule has 0 aliphatic rings. The molecule has 33 heavy (non-hydrogen) atoms. The van der Waals surface area contributed by atoms with Crippen LogP contribution in [0.5, 0.6) is 11.5 Å². The van der Waals surface area contributed by atoms with E-state index in [1.54, 1.807) is 35.2 Å². The van der Waals surface area contributed by atoms with Crippen LogP contribution in [0, 0.1) is 5.82 Å². The first-order valence-electron chi connectivity index (χ1n) is 10.4. The monoisotopic (exact) mass is 485 g/mol. The Labute approximate surface area is 202 Å². The third-order valence-electron chi connectivity index (χ3n) is 4.88. The van der Waals surface area contributed by atoms with E-state index in [1.807, 2.05) is 44.4 Å². The van der Waals surface area contributed by atoms with Crippen molar-refractivity contribution >= 4 is 45.0 Å². The summed E-state index contributed by atoms with van der Waals surface area (Å²) in [7, 11) is 4.00. The first-order valence-corrected chi connectivity index (χ1v) is 11.2. The number of halogens is 2. The number of benzene rings is 3. The summed E-state index contributed by atoms with van der Waals surface area (Å²) in [5, 5.41) is 0.568. The molecule has 1 amide bonds. The molecule has 172 valence electrons. The molecule has 0 N–H and O–H groups in total. The van der Waals surface area contributed by atoms with Crippen LogP contribution < -0.4 is 9.64 Å². The van der Waals surface area contributed by atoms with E-state index in [0.717, 1.165) is 23.4 Å². The molecule has 0 fully saturated rings. The molecule has 0 saturated carbocycles. The summed E-state index contributed by atoms with van der Waals surface area (Å²) in [6.07, 6.45) is 0.790. The number of rotatable bonds is 8. The molecule has 0 unspecified atom stereocenters. The van der Waals surface area contributed by atoms with Crippen molar-refractivity contribution in [3.05, 3.63) is 84.2 Å². The topological polar surface area (TPSA) is 45.7 Å². The van der Waals surface area contributed by atoms with Crippen LogP contribution in [-0.4, -0.2) is 43.0 Å². The smallest absolute Gasteiger partial charge is 0.260 e. The molecule has 4 aromatic rings. The number of carbonyl (C=O) groups excluding carboxylic acids is 1. The van der Waals surface area contributed by atoms with Crippen molar-refractivity contribution in [3.63, 3.8) is 0 Å². The summed E-state index contributed by atoms with van der Waals surface area (Å²) >= 11 is 1.32. The number of hydrogen-bond donors (Lipinski definition) is 0. The number of aromatic nitrogens is 1. The predicted octanol–water partition coefficient (Wildman–Crippen LogP) is 6.25. The third kappa shape index (κ3) is 6.28. The second-order valence-corrected chi connectivity index (χ2v) is 8.67. The van der Waals surface area contributed by atoms with Gasteiger partial charge in [-0.2, -0.15) is 0 Å². The molecule has 0 bridgehead atoms. The minimum atomic E-state index is -0.313. The highest BCUT2D eigenvalue weighted by Gasteiger charge is 2.21. The molecule has 0 radical (unpaired) electrons. The number of thiazole rings is 1. The zero-order chi connectivity index (χ0) is 22.5.